The molecule has 0 saturated heterocycles. The van der Waals surface area contributed by atoms with Crippen LogP contribution in [0.4, 0.5) is 5.69 Å². The highest BCUT2D eigenvalue weighted by Crippen LogP contribution is 2.32. The molecule has 4 aromatic rings. The van der Waals surface area contributed by atoms with E-state index < -0.39 is 0 Å². The average molecular weight is 430 g/mol. The number of pyridine rings is 1. The topological polar surface area (TPSA) is 82.3 Å². The number of aliphatic imine (C=N–C) groups is 1. The Hall–Kier alpha value is -4.26. The molecule has 0 aliphatic carbocycles. The minimum atomic E-state index is -0.331. The summed E-state index contributed by atoms with van der Waals surface area (Å²) < 4.78 is 17.1. The molecule has 0 atom stereocenters. The smallest absolute Gasteiger partial charge is 0.265 e. The van der Waals surface area contributed by atoms with Gasteiger partial charge in [-0.1, -0.05) is 18.2 Å². The molecule has 0 unspecified atom stereocenters. The second kappa shape index (κ2) is 8.85. The van der Waals surface area contributed by atoms with Crippen molar-refractivity contribution < 1.29 is 19.3 Å². The van der Waals surface area contributed by atoms with Crippen molar-refractivity contribution in [1.82, 2.24) is 4.57 Å². The fraction of sp³-hybridized carbons (Fsp3) is 0.120. The summed E-state index contributed by atoms with van der Waals surface area (Å²) >= 11 is 0. The molecule has 1 N–H and O–H groups in total. The minimum absolute atomic E-state index is 0.213. The Balaban J connectivity index is 1.91. The SMILES string of the molecule is COc1ccc(-n2c(O)c(C=Nc3ccc(OC)cc3OC)c3ccccc3c2=O)cc1. The van der Waals surface area contributed by atoms with E-state index in [9.17, 15) is 9.90 Å². The Morgan fingerprint density at radius 3 is 2.16 bits per heavy atom. The molecule has 0 saturated carbocycles. The van der Waals surface area contributed by atoms with Gasteiger partial charge in [-0.15, -0.1) is 0 Å². The maximum Gasteiger partial charge on any atom is 0.265 e. The second-order valence-corrected chi connectivity index (χ2v) is 6.92. The first-order valence-electron chi connectivity index (χ1n) is 9.84. The molecule has 4 rings (SSSR count). The van der Waals surface area contributed by atoms with Gasteiger partial charge in [-0.2, -0.15) is 0 Å². The molecule has 0 fully saturated rings. The summed E-state index contributed by atoms with van der Waals surface area (Å²) in [6.45, 7) is 0. The number of hydrogen-bond acceptors (Lipinski definition) is 6. The van der Waals surface area contributed by atoms with Crippen molar-refractivity contribution in [2.75, 3.05) is 21.3 Å². The van der Waals surface area contributed by atoms with Gasteiger partial charge < -0.3 is 19.3 Å². The molecule has 7 nitrogen and oxygen atoms in total. The molecule has 7 heteroatoms. The van der Waals surface area contributed by atoms with Crippen LogP contribution in [0.5, 0.6) is 23.1 Å². The first kappa shape index (κ1) is 21.0. The molecule has 3 aromatic carbocycles. The molecule has 1 heterocycles. The highest BCUT2D eigenvalue weighted by molar-refractivity contribution is 6.02. The van der Waals surface area contributed by atoms with Gasteiger partial charge in [0.05, 0.1) is 32.6 Å². The minimum Gasteiger partial charge on any atom is -0.497 e. The Labute approximate surface area is 184 Å². The van der Waals surface area contributed by atoms with Crippen LogP contribution in [0.1, 0.15) is 5.56 Å². The lowest BCUT2D eigenvalue weighted by Gasteiger charge is -2.14. The molecular formula is C25H22N2O5. The van der Waals surface area contributed by atoms with Crippen LogP contribution in [-0.4, -0.2) is 37.2 Å². The van der Waals surface area contributed by atoms with E-state index in [4.69, 9.17) is 14.2 Å². The standard InChI is InChI=1S/C25H22N2O5/c1-30-17-10-8-16(9-11-17)27-24(28)20-7-5-4-6-19(20)21(25(27)29)15-26-22-13-12-18(31-2)14-23(22)32-3/h4-15,29H,1-3H3. The second-order valence-electron chi connectivity index (χ2n) is 6.92. The van der Waals surface area contributed by atoms with E-state index in [0.717, 1.165) is 0 Å². The van der Waals surface area contributed by atoms with E-state index in [1.807, 2.05) is 6.07 Å². The van der Waals surface area contributed by atoms with E-state index in [1.54, 1.807) is 82.0 Å². The third-order valence-corrected chi connectivity index (χ3v) is 5.15. The number of fused-ring (bicyclic) bond motifs is 1. The van der Waals surface area contributed by atoms with E-state index in [-0.39, 0.29) is 11.4 Å². The van der Waals surface area contributed by atoms with Gasteiger partial charge in [0.25, 0.3) is 5.56 Å². The van der Waals surface area contributed by atoms with Crippen LogP contribution in [0.2, 0.25) is 0 Å². The van der Waals surface area contributed by atoms with Crippen molar-refractivity contribution in [1.29, 1.82) is 0 Å². The van der Waals surface area contributed by atoms with E-state index in [0.29, 0.717) is 45.0 Å². The molecular weight excluding hydrogens is 408 g/mol. The Morgan fingerprint density at radius 2 is 1.50 bits per heavy atom. The lowest BCUT2D eigenvalue weighted by Crippen LogP contribution is -2.20. The van der Waals surface area contributed by atoms with Gasteiger partial charge in [-0.3, -0.25) is 9.79 Å². The Kier molecular flexibility index (Phi) is 5.81. The zero-order valence-electron chi connectivity index (χ0n) is 17.9. The summed E-state index contributed by atoms with van der Waals surface area (Å²) in [7, 11) is 4.69. The average Bonchev–Trinajstić information content (AvgIpc) is 2.84. The summed E-state index contributed by atoms with van der Waals surface area (Å²) in [4.78, 5) is 17.7. The molecule has 0 aliphatic heterocycles. The van der Waals surface area contributed by atoms with Gasteiger partial charge in [0.1, 0.15) is 22.9 Å². The highest BCUT2D eigenvalue weighted by Gasteiger charge is 2.16. The van der Waals surface area contributed by atoms with Crippen molar-refractivity contribution in [3.05, 3.63) is 82.6 Å². The highest BCUT2D eigenvalue weighted by atomic mass is 16.5. The van der Waals surface area contributed by atoms with E-state index in [2.05, 4.69) is 4.99 Å². The summed E-state index contributed by atoms with van der Waals surface area (Å²) in [5, 5.41) is 12.2. The van der Waals surface area contributed by atoms with Crippen LogP contribution in [0.3, 0.4) is 0 Å². The largest absolute Gasteiger partial charge is 0.497 e. The molecule has 0 bridgehead atoms. The molecule has 0 radical (unpaired) electrons. The van der Waals surface area contributed by atoms with E-state index >= 15 is 0 Å². The maximum atomic E-state index is 13.2. The lowest BCUT2D eigenvalue weighted by molar-refractivity contribution is 0.395. The third-order valence-electron chi connectivity index (χ3n) is 5.15. The van der Waals surface area contributed by atoms with Crippen LogP contribution in [0, 0.1) is 0 Å². The van der Waals surface area contributed by atoms with Crippen molar-refractivity contribution >= 4 is 22.7 Å². The first-order valence-corrected chi connectivity index (χ1v) is 9.84. The number of ether oxygens (including phenoxy) is 3. The predicted molar refractivity (Wildman–Crippen MR) is 125 cm³/mol. The Bertz CT molecular complexity index is 1360. The van der Waals surface area contributed by atoms with Gasteiger partial charge in [-0.25, -0.2) is 4.57 Å². The first-order chi connectivity index (χ1) is 15.6. The molecule has 162 valence electrons. The van der Waals surface area contributed by atoms with Gasteiger partial charge >= 0.3 is 0 Å². The number of nitrogens with zero attached hydrogens (tertiary/aromatic N) is 2. The van der Waals surface area contributed by atoms with Crippen molar-refractivity contribution in [3.63, 3.8) is 0 Å². The van der Waals surface area contributed by atoms with Crippen LogP contribution in [0.15, 0.2) is 76.5 Å². The van der Waals surface area contributed by atoms with Gasteiger partial charge in [0.15, 0.2) is 0 Å². The van der Waals surface area contributed by atoms with Gasteiger partial charge in [0, 0.05) is 23.1 Å². The summed E-state index contributed by atoms with van der Waals surface area (Å²) in [6, 6.07) is 19.2. The number of hydrogen-bond donors (Lipinski definition) is 1. The van der Waals surface area contributed by atoms with Crippen LogP contribution in [-0.2, 0) is 0 Å². The molecule has 0 aliphatic rings. The monoisotopic (exact) mass is 430 g/mol. The quantitative estimate of drug-likeness (QED) is 0.456. The fourth-order valence-corrected chi connectivity index (χ4v) is 3.49. The summed E-state index contributed by atoms with van der Waals surface area (Å²) in [5.41, 5.74) is 1.14. The van der Waals surface area contributed by atoms with Gasteiger partial charge in [-0.05, 0) is 42.5 Å². The van der Waals surface area contributed by atoms with Gasteiger partial charge in [0.2, 0.25) is 5.88 Å². The van der Waals surface area contributed by atoms with Crippen molar-refractivity contribution in [2.45, 2.75) is 0 Å². The maximum absolute atomic E-state index is 13.2. The zero-order chi connectivity index (χ0) is 22.7. The molecule has 0 amide bonds. The zero-order valence-corrected chi connectivity index (χ0v) is 17.9. The number of aromatic hydroxyl groups is 1. The van der Waals surface area contributed by atoms with Crippen molar-refractivity contribution in [2.24, 2.45) is 4.99 Å². The predicted octanol–water partition coefficient (Wildman–Crippen LogP) is 4.47. The normalized spacial score (nSPS) is 11.1. The lowest BCUT2D eigenvalue weighted by atomic mass is 10.1. The summed E-state index contributed by atoms with van der Waals surface area (Å²) in [6.07, 6.45) is 1.53. The van der Waals surface area contributed by atoms with Crippen LogP contribution in [0.25, 0.3) is 16.5 Å². The third kappa shape index (κ3) is 3.76. The molecule has 1 aromatic heterocycles. The summed E-state index contributed by atoms with van der Waals surface area (Å²) in [5.74, 6) is 1.60. The van der Waals surface area contributed by atoms with E-state index in [1.165, 1.54) is 10.8 Å². The van der Waals surface area contributed by atoms with Crippen molar-refractivity contribution in [3.8, 4) is 28.8 Å². The number of aromatic nitrogens is 1. The fourth-order valence-electron chi connectivity index (χ4n) is 3.49. The number of benzene rings is 3. The molecule has 0 spiro atoms. The van der Waals surface area contributed by atoms with Crippen LogP contribution < -0.4 is 19.8 Å². The van der Waals surface area contributed by atoms with Crippen LogP contribution >= 0.6 is 0 Å². The Morgan fingerprint density at radius 1 is 0.844 bits per heavy atom. The number of methoxy groups -OCH3 is 3. The number of rotatable bonds is 6. The molecule has 32 heavy (non-hydrogen) atoms.